The predicted molar refractivity (Wildman–Crippen MR) is 80.7 cm³/mol. The van der Waals surface area contributed by atoms with E-state index in [1.807, 2.05) is 36.4 Å². The number of esters is 1. The van der Waals surface area contributed by atoms with Crippen LogP contribution in [-0.4, -0.2) is 19.0 Å². The molecule has 0 fully saturated rings. The van der Waals surface area contributed by atoms with Gasteiger partial charge in [0.05, 0.1) is 12.7 Å². The molecule has 2 aromatic rings. The van der Waals surface area contributed by atoms with E-state index in [4.69, 9.17) is 0 Å². The molecule has 0 unspecified atom stereocenters. The number of hydrogen-bond acceptors (Lipinski definition) is 3. The van der Waals surface area contributed by atoms with E-state index < -0.39 is 5.97 Å². The molecule has 1 amide bonds. The van der Waals surface area contributed by atoms with Gasteiger partial charge in [0.1, 0.15) is 0 Å². The maximum Gasteiger partial charge on any atom is 0.337 e. The zero-order valence-electron chi connectivity index (χ0n) is 11.4. The molecule has 0 bridgehead atoms. The summed E-state index contributed by atoms with van der Waals surface area (Å²) in [5.74, 6) is -0.594. The molecule has 4 nitrogen and oxygen atoms in total. The summed E-state index contributed by atoms with van der Waals surface area (Å²) >= 11 is 0. The highest BCUT2D eigenvalue weighted by Crippen LogP contribution is 2.33. The Bertz CT molecular complexity index is 748. The van der Waals surface area contributed by atoms with Crippen molar-refractivity contribution >= 4 is 29.2 Å². The molecule has 4 heteroatoms. The Morgan fingerprint density at radius 3 is 2.62 bits per heavy atom. The van der Waals surface area contributed by atoms with Crippen LogP contribution in [0.1, 0.15) is 21.5 Å². The first-order chi connectivity index (χ1) is 10.2. The standard InChI is InChI=1S/C17H13NO3/c1-21-17(20)12-7-8-13-14(16(19)18-15(13)10-12)9-11-5-3-2-4-6-11/h2-10H,1H3,(H,18,19). The van der Waals surface area contributed by atoms with Gasteiger partial charge in [-0.3, -0.25) is 4.79 Å². The summed E-state index contributed by atoms with van der Waals surface area (Å²) in [4.78, 5) is 23.6. The summed E-state index contributed by atoms with van der Waals surface area (Å²) in [5.41, 5.74) is 3.37. The summed E-state index contributed by atoms with van der Waals surface area (Å²) in [5, 5.41) is 2.77. The number of fused-ring (bicyclic) bond motifs is 1. The van der Waals surface area contributed by atoms with Crippen LogP contribution in [0.3, 0.4) is 0 Å². The average Bonchev–Trinajstić information content (AvgIpc) is 2.82. The van der Waals surface area contributed by atoms with Gasteiger partial charge in [-0.05, 0) is 23.8 Å². The molecule has 1 aliphatic heterocycles. The van der Waals surface area contributed by atoms with Crippen LogP contribution in [0.5, 0.6) is 0 Å². The second-order valence-corrected chi connectivity index (χ2v) is 4.67. The van der Waals surface area contributed by atoms with Gasteiger partial charge >= 0.3 is 5.97 Å². The van der Waals surface area contributed by atoms with Crippen molar-refractivity contribution in [3.8, 4) is 0 Å². The van der Waals surface area contributed by atoms with Crippen molar-refractivity contribution in [2.24, 2.45) is 0 Å². The monoisotopic (exact) mass is 279 g/mol. The van der Waals surface area contributed by atoms with Gasteiger partial charge in [-0.1, -0.05) is 36.4 Å². The van der Waals surface area contributed by atoms with Crippen molar-refractivity contribution < 1.29 is 14.3 Å². The number of hydrogen-bond donors (Lipinski definition) is 1. The van der Waals surface area contributed by atoms with Gasteiger partial charge in [0.25, 0.3) is 5.91 Å². The average molecular weight is 279 g/mol. The molecule has 3 rings (SSSR count). The Balaban J connectivity index is 2.03. The van der Waals surface area contributed by atoms with E-state index in [1.54, 1.807) is 18.2 Å². The van der Waals surface area contributed by atoms with Crippen molar-refractivity contribution in [3.63, 3.8) is 0 Å². The van der Waals surface area contributed by atoms with Crippen LogP contribution >= 0.6 is 0 Å². The molecule has 0 atom stereocenters. The van der Waals surface area contributed by atoms with E-state index in [0.29, 0.717) is 16.8 Å². The molecule has 21 heavy (non-hydrogen) atoms. The third kappa shape index (κ3) is 2.43. The Labute approximate surface area is 122 Å². The van der Waals surface area contributed by atoms with Gasteiger partial charge in [-0.25, -0.2) is 4.79 Å². The zero-order valence-corrected chi connectivity index (χ0v) is 11.4. The fourth-order valence-corrected chi connectivity index (χ4v) is 2.30. The first-order valence-electron chi connectivity index (χ1n) is 6.50. The molecule has 0 saturated carbocycles. The molecule has 0 spiro atoms. The molecule has 0 aliphatic carbocycles. The van der Waals surface area contributed by atoms with Gasteiger partial charge in [0.15, 0.2) is 0 Å². The van der Waals surface area contributed by atoms with Crippen LogP contribution in [0, 0.1) is 0 Å². The van der Waals surface area contributed by atoms with E-state index in [2.05, 4.69) is 10.1 Å². The molecule has 0 radical (unpaired) electrons. The molecule has 1 N–H and O–H groups in total. The lowest BCUT2D eigenvalue weighted by Gasteiger charge is -2.02. The molecule has 104 valence electrons. The topological polar surface area (TPSA) is 55.4 Å². The Morgan fingerprint density at radius 2 is 1.90 bits per heavy atom. The maximum absolute atomic E-state index is 12.1. The van der Waals surface area contributed by atoms with Crippen molar-refractivity contribution in [1.82, 2.24) is 0 Å². The zero-order chi connectivity index (χ0) is 14.8. The highest BCUT2D eigenvalue weighted by molar-refractivity contribution is 6.35. The van der Waals surface area contributed by atoms with Crippen LogP contribution in [-0.2, 0) is 9.53 Å². The number of benzene rings is 2. The summed E-state index contributed by atoms with van der Waals surface area (Å²) in [7, 11) is 1.33. The van der Waals surface area contributed by atoms with Crippen molar-refractivity contribution in [1.29, 1.82) is 0 Å². The minimum atomic E-state index is -0.424. The number of carbonyl (C=O) groups excluding carboxylic acids is 2. The molecular formula is C17H13NO3. The molecular weight excluding hydrogens is 266 g/mol. The van der Waals surface area contributed by atoms with Crippen LogP contribution in [0.2, 0.25) is 0 Å². The predicted octanol–water partition coefficient (Wildman–Crippen LogP) is 2.97. The summed E-state index contributed by atoms with van der Waals surface area (Å²) in [6, 6.07) is 14.7. The van der Waals surface area contributed by atoms with E-state index in [0.717, 1.165) is 11.1 Å². The van der Waals surface area contributed by atoms with Gasteiger partial charge in [0, 0.05) is 16.8 Å². The number of carbonyl (C=O) groups is 2. The van der Waals surface area contributed by atoms with E-state index >= 15 is 0 Å². The van der Waals surface area contributed by atoms with E-state index in [-0.39, 0.29) is 5.91 Å². The number of ether oxygens (including phenoxy) is 1. The number of methoxy groups -OCH3 is 1. The fourth-order valence-electron chi connectivity index (χ4n) is 2.30. The van der Waals surface area contributed by atoms with Gasteiger partial charge in [-0.2, -0.15) is 0 Å². The third-order valence-electron chi connectivity index (χ3n) is 3.33. The van der Waals surface area contributed by atoms with E-state index in [1.165, 1.54) is 7.11 Å². The lowest BCUT2D eigenvalue weighted by molar-refractivity contribution is -0.110. The van der Waals surface area contributed by atoms with Crippen LogP contribution in [0.15, 0.2) is 48.5 Å². The molecule has 0 aromatic heterocycles. The maximum atomic E-state index is 12.1. The SMILES string of the molecule is COC(=O)c1ccc2c(c1)NC(=O)C2=Cc1ccccc1. The van der Waals surface area contributed by atoms with Crippen molar-refractivity contribution in [2.45, 2.75) is 0 Å². The first-order valence-corrected chi connectivity index (χ1v) is 6.50. The molecule has 2 aromatic carbocycles. The Hall–Kier alpha value is -2.88. The van der Waals surface area contributed by atoms with E-state index in [9.17, 15) is 9.59 Å². The number of anilines is 1. The summed E-state index contributed by atoms with van der Waals surface area (Å²) in [6.45, 7) is 0. The lowest BCUT2D eigenvalue weighted by Crippen LogP contribution is -2.04. The quantitative estimate of drug-likeness (QED) is 0.679. The number of rotatable bonds is 2. The van der Waals surface area contributed by atoms with Gasteiger partial charge in [0.2, 0.25) is 0 Å². The number of amides is 1. The van der Waals surface area contributed by atoms with Crippen molar-refractivity contribution in [2.75, 3.05) is 12.4 Å². The molecule has 1 aliphatic rings. The minimum Gasteiger partial charge on any atom is -0.465 e. The highest BCUT2D eigenvalue weighted by Gasteiger charge is 2.25. The Morgan fingerprint density at radius 1 is 1.14 bits per heavy atom. The van der Waals surface area contributed by atoms with Crippen LogP contribution in [0.25, 0.3) is 11.6 Å². The number of nitrogens with one attached hydrogen (secondary N) is 1. The van der Waals surface area contributed by atoms with Gasteiger partial charge in [-0.15, -0.1) is 0 Å². The Kier molecular flexibility index (Phi) is 3.28. The largest absolute Gasteiger partial charge is 0.465 e. The second kappa shape index (κ2) is 5.25. The summed E-state index contributed by atoms with van der Waals surface area (Å²) in [6.07, 6.45) is 1.83. The van der Waals surface area contributed by atoms with Crippen LogP contribution in [0.4, 0.5) is 5.69 Å². The fraction of sp³-hybridized carbons (Fsp3) is 0.0588. The smallest absolute Gasteiger partial charge is 0.337 e. The molecule has 0 saturated heterocycles. The second-order valence-electron chi connectivity index (χ2n) is 4.67. The minimum absolute atomic E-state index is 0.170. The lowest BCUT2D eigenvalue weighted by atomic mass is 10.0. The molecule has 1 heterocycles. The van der Waals surface area contributed by atoms with Gasteiger partial charge < -0.3 is 10.1 Å². The first kappa shape index (κ1) is 13.1. The van der Waals surface area contributed by atoms with Crippen molar-refractivity contribution in [3.05, 3.63) is 65.2 Å². The summed E-state index contributed by atoms with van der Waals surface area (Å²) < 4.78 is 4.68. The van der Waals surface area contributed by atoms with Crippen LogP contribution < -0.4 is 5.32 Å². The highest BCUT2D eigenvalue weighted by atomic mass is 16.5. The third-order valence-corrected chi connectivity index (χ3v) is 3.33. The normalized spacial score (nSPS) is 14.7.